The number of rotatable bonds is 8. The number of methoxy groups -OCH3 is 2. The molecule has 0 aliphatic heterocycles. The van der Waals surface area contributed by atoms with Crippen molar-refractivity contribution in [1.29, 1.82) is 0 Å². The first kappa shape index (κ1) is 14.6. The summed E-state index contributed by atoms with van der Waals surface area (Å²) in [5, 5.41) is 8.88. The van der Waals surface area contributed by atoms with E-state index >= 15 is 0 Å². The standard InChI is InChI=1S/C13H22O3/c1-4-5-6-7-12(8-9-15-2)10-13(11-14)16-3/h8-11,14H,4-7H2,1-3H3/b9-8+,12-10-,13-11-. The maximum absolute atomic E-state index is 8.88. The number of ether oxygens (including phenoxy) is 2. The number of unbranched alkanes of at least 4 members (excludes halogenated alkanes) is 2. The molecule has 16 heavy (non-hydrogen) atoms. The third kappa shape index (κ3) is 6.98. The molecule has 0 aromatic carbocycles. The van der Waals surface area contributed by atoms with Crippen LogP contribution < -0.4 is 0 Å². The van der Waals surface area contributed by atoms with Crippen molar-refractivity contribution in [3.8, 4) is 0 Å². The van der Waals surface area contributed by atoms with E-state index in [0.29, 0.717) is 5.76 Å². The van der Waals surface area contributed by atoms with Gasteiger partial charge in [0.15, 0.2) is 5.76 Å². The fourth-order valence-electron chi connectivity index (χ4n) is 1.27. The Hall–Kier alpha value is -1.38. The fourth-order valence-corrected chi connectivity index (χ4v) is 1.27. The molecule has 0 heterocycles. The van der Waals surface area contributed by atoms with Crippen LogP contribution in [0.2, 0.25) is 0 Å². The quantitative estimate of drug-likeness (QED) is 0.389. The largest absolute Gasteiger partial charge is 0.512 e. The molecule has 0 saturated carbocycles. The summed E-state index contributed by atoms with van der Waals surface area (Å²) in [4.78, 5) is 0. The predicted molar refractivity (Wildman–Crippen MR) is 66.1 cm³/mol. The Morgan fingerprint density at radius 1 is 1.25 bits per heavy atom. The normalized spacial score (nSPS) is 13.2. The van der Waals surface area contributed by atoms with Gasteiger partial charge in [0.25, 0.3) is 0 Å². The van der Waals surface area contributed by atoms with Crippen LogP contribution in [0.5, 0.6) is 0 Å². The van der Waals surface area contributed by atoms with Crippen molar-refractivity contribution in [3.05, 3.63) is 36.0 Å². The Kier molecular flexibility index (Phi) is 9.27. The Labute approximate surface area is 98.1 Å². The highest BCUT2D eigenvalue weighted by Gasteiger charge is 1.97. The average Bonchev–Trinajstić information content (AvgIpc) is 2.32. The lowest BCUT2D eigenvalue weighted by molar-refractivity contribution is 0.285. The van der Waals surface area contributed by atoms with Gasteiger partial charge in [0.1, 0.15) is 6.26 Å². The van der Waals surface area contributed by atoms with Gasteiger partial charge in [-0.05, 0) is 30.6 Å². The van der Waals surface area contributed by atoms with Crippen LogP contribution in [0.25, 0.3) is 0 Å². The van der Waals surface area contributed by atoms with Crippen molar-refractivity contribution < 1.29 is 14.6 Å². The van der Waals surface area contributed by atoms with Crippen LogP contribution in [0, 0.1) is 0 Å². The van der Waals surface area contributed by atoms with Gasteiger partial charge in [-0.3, -0.25) is 0 Å². The molecule has 0 bridgehead atoms. The van der Waals surface area contributed by atoms with Gasteiger partial charge < -0.3 is 14.6 Å². The molecule has 0 spiro atoms. The number of hydrogen-bond acceptors (Lipinski definition) is 3. The lowest BCUT2D eigenvalue weighted by Crippen LogP contribution is -1.87. The number of aliphatic hydroxyl groups excluding tert-OH is 1. The molecule has 3 nitrogen and oxygen atoms in total. The zero-order valence-electron chi connectivity index (χ0n) is 10.4. The molecule has 0 aromatic rings. The van der Waals surface area contributed by atoms with Crippen LogP contribution in [-0.2, 0) is 9.47 Å². The third-order valence-electron chi connectivity index (χ3n) is 2.18. The van der Waals surface area contributed by atoms with Gasteiger partial charge in [-0.25, -0.2) is 0 Å². The predicted octanol–water partition coefficient (Wildman–Crippen LogP) is 3.70. The van der Waals surface area contributed by atoms with E-state index in [2.05, 4.69) is 6.92 Å². The summed E-state index contributed by atoms with van der Waals surface area (Å²) in [5.74, 6) is 0.451. The van der Waals surface area contributed by atoms with E-state index in [0.717, 1.165) is 24.7 Å². The minimum absolute atomic E-state index is 0.451. The second-order valence-electron chi connectivity index (χ2n) is 3.45. The van der Waals surface area contributed by atoms with Crippen LogP contribution >= 0.6 is 0 Å². The zero-order valence-corrected chi connectivity index (χ0v) is 10.4. The SMILES string of the molecule is CCCCCC(=C/C(=C/O)OC)/C=C/OC. The minimum atomic E-state index is 0.451. The topological polar surface area (TPSA) is 38.7 Å². The smallest absolute Gasteiger partial charge is 0.153 e. The van der Waals surface area contributed by atoms with E-state index in [4.69, 9.17) is 14.6 Å². The van der Waals surface area contributed by atoms with Gasteiger partial charge in [-0.2, -0.15) is 0 Å². The molecule has 0 aliphatic rings. The van der Waals surface area contributed by atoms with Gasteiger partial charge in [0, 0.05) is 0 Å². The zero-order chi connectivity index (χ0) is 12.2. The van der Waals surface area contributed by atoms with Crippen LogP contribution in [-0.4, -0.2) is 19.3 Å². The summed E-state index contributed by atoms with van der Waals surface area (Å²) < 4.78 is 9.86. The maximum Gasteiger partial charge on any atom is 0.153 e. The van der Waals surface area contributed by atoms with Crippen molar-refractivity contribution in [2.45, 2.75) is 32.6 Å². The molecule has 3 heteroatoms. The van der Waals surface area contributed by atoms with Crippen molar-refractivity contribution in [2.24, 2.45) is 0 Å². The average molecular weight is 226 g/mol. The van der Waals surface area contributed by atoms with Gasteiger partial charge in [-0.15, -0.1) is 0 Å². The van der Waals surface area contributed by atoms with Gasteiger partial charge in [-0.1, -0.05) is 19.8 Å². The molecule has 0 saturated heterocycles. The van der Waals surface area contributed by atoms with Gasteiger partial charge in [0.05, 0.1) is 20.5 Å². The summed E-state index contributed by atoms with van der Waals surface area (Å²) >= 11 is 0. The molecule has 1 N–H and O–H groups in total. The molecule has 0 unspecified atom stereocenters. The van der Waals surface area contributed by atoms with E-state index in [1.807, 2.05) is 12.2 Å². The van der Waals surface area contributed by atoms with Crippen molar-refractivity contribution in [1.82, 2.24) is 0 Å². The molecule has 0 radical (unpaired) electrons. The van der Waals surface area contributed by atoms with E-state index in [9.17, 15) is 0 Å². The van der Waals surface area contributed by atoms with E-state index < -0.39 is 0 Å². The Bertz CT molecular complexity index is 252. The first-order valence-electron chi connectivity index (χ1n) is 5.56. The number of aliphatic hydroxyl groups is 1. The minimum Gasteiger partial charge on any atom is -0.512 e. The van der Waals surface area contributed by atoms with Crippen LogP contribution in [0.4, 0.5) is 0 Å². The Morgan fingerprint density at radius 3 is 2.50 bits per heavy atom. The molecule has 92 valence electrons. The molecule has 0 atom stereocenters. The first-order valence-corrected chi connectivity index (χ1v) is 5.56. The van der Waals surface area contributed by atoms with Crippen LogP contribution in [0.15, 0.2) is 36.0 Å². The lowest BCUT2D eigenvalue weighted by Gasteiger charge is -2.04. The second kappa shape index (κ2) is 10.1. The molecule has 0 rings (SSSR count). The first-order chi connectivity index (χ1) is 7.78. The fraction of sp³-hybridized carbons (Fsp3) is 0.538. The van der Waals surface area contributed by atoms with E-state index in [-0.39, 0.29) is 0 Å². The van der Waals surface area contributed by atoms with Crippen molar-refractivity contribution >= 4 is 0 Å². The van der Waals surface area contributed by atoms with Crippen molar-refractivity contribution in [2.75, 3.05) is 14.2 Å². The summed E-state index contributed by atoms with van der Waals surface area (Å²) in [6, 6.07) is 0. The number of hydrogen-bond donors (Lipinski definition) is 1. The summed E-state index contributed by atoms with van der Waals surface area (Å²) in [7, 11) is 3.14. The maximum atomic E-state index is 8.88. The van der Waals surface area contributed by atoms with E-state index in [1.165, 1.54) is 20.0 Å². The van der Waals surface area contributed by atoms with Crippen molar-refractivity contribution in [3.63, 3.8) is 0 Å². The molecule has 0 fully saturated rings. The second-order valence-corrected chi connectivity index (χ2v) is 3.45. The molecule has 0 aromatic heterocycles. The highest BCUT2D eigenvalue weighted by Crippen LogP contribution is 2.13. The summed E-state index contributed by atoms with van der Waals surface area (Å²) in [6.45, 7) is 2.17. The lowest BCUT2D eigenvalue weighted by atomic mass is 10.1. The van der Waals surface area contributed by atoms with Crippen LogP contribution in [0.1, 0.15) is 32.6 Å². The molecule has 0 amide bonds. The summed E-state index contributed by atoms with van der Waals surface area (Å²) in [5.41, 5.74) is 1.08. The third-order valence-corrected chi connectivity index (χ3v) is 2.18. The van der Waals surface area contributed by atoms with Crippen LogP contribution in [0.3, 0.4) is 0 Å². The Morgan fingerprint density at radius 2 is 2.00 bits per heavy atom. The highest BCUT2D eigenvalue weighted by molar-refractivity contribution is 5.25. The van der Waals surface area contributed by atoms with Gasteiger partial charge in [0.2, 0.25) is 0 Å². The highest BCUT2D eigenvalue weighted by atomic mass is 16.5. The molecule has 0 aliphatic carbocycles. The molecular weight excluding hydrogens is 204 g/mol. The monoisotopic (exact) mass is 226 g/mol. The Balaban J connectivity index is 4.45. The summed E-state index contributed by atoms with van der Waals surface area (Å²) in [6.07, 6.45) is 10.7. The van der Waals surface area contributed by atoms with E-state index in [1.54, 1.807) is 13.4 Å². The molecular formula is C13H22O3. The number of allylic oxidation sites excluding steroid dienone is 3. The van der Waals surface area contributed by atoms with Gasteiger partial charge >= 0.3 is 0 Å².